The Morgan fingerprint density at radius 3 is 1.90 bits per heavy atom. The Hall–Kier alpha value is -2.68. The van der Waals surface area contributed by atoms with Crippen molar-refractivity contribution < 1.29 is 4.74 Å². The number of rotatable bonds is 3. The van der Waals surface area contributed by atoms with Gasteiger partial charge in [0.15, 0.2) is 0 Å². The maximum Gasteiger partial charge on any atom is 0.127 e. The molecule has 0 saturated carbocycles. The van der Waals surface area contributed by atoms with Gasteiger partial charge in [-0.3, -0.25) is 9.97 Å². The molecule has 2 aromatic heterocycles. The van der Waals surface area contributed by atoms with Crippen LogP contribution >= 0.6 is 0 Å². The summed E-state index contributed by atoms with van der Waals surface area (Å²) in [6, 6.07) is 14.1. The lowest BCUT2D eigenvalue weighted by atomic mass is 10.0. The number of hydrogen-bond acceptors (Lipinski definition) is 3. The van der Waals surface area contributed by atoms with Crippen molar-refractivity contribution in [2.24, 2.45) is 0 Å². The molecule has 20 heavy (non-hydrogen) atoms. The summed E-state index contributed by atoms with van der Waals surface area (Å²) in [5, 5.41) is 0. The monoisotopic (exact) mass is 262 g/mol. The standard InChI is InChI=1S/C17H14N2O/c1-20-17-12-15(13-4-8-18-9-5-13)2-3-16(17)14-6-10-19-11-7-14/h2-12H,1H3. The van der Waals surface area contributed by atoms with Crippen LogP contribution in [0.1, 0.15) is 0 Å². The molecule has 3 aromatic rings. The van der Waals surface area contributed by atoms with Crippen LogP contribution in [0.3, 0.4) is 0 Å². The third-order valence-electron chi connectivity index (χ3n) is 3.21. The molecule has 0 aliphatic heterocycles. The van der Waals surface area contributed by atoms with Gasteiger partial charge in [0.2, 0.25) is 0 Å². The van der Waals surface area contributed by atoms with Gasteiger partial charge in [-0.15, -0.1) is 0 Å². The minimum absolute atomic E-state index is 0.852. The number of pyridine rings is 2. The third kappa shape index (κ3) is 2.38. The van der Waals surface area contributed by atoms with Crippen molar-refractivity contribution in [1.82, 2.24) is 9.97 Å². The first-order valence-electron chi connectivity index (χ1n) is 6.37. The highest BCUT2D eigenvalue weighted by molar-refractivity contribution is 5.76. The van der Waals surface area contributed by atoms with Crippen LogP contribution in [0.25, 0.3) is 22.3 Å². The largest absolute Gasteiger partial charge is 0.496 e. The second-order valence-electron chi connectivity index (χ2n) is 4.39. The van der Waals surface area contributed by atoms with Gasteiger partial charge in [-0.2, -0.15) is 0 Å². The van der Waals surface area contributed by atoms with E-state index in [1.54, 1.807) is 31.9 Å². The first kappa shape index (κ1) is 12.4. The molecule has 0 unspecified atom stereocenters. The highest BCUT2D eigenvalue weighted by atomic mass is 16.5. The van der Waals surface area contributed by atoms with Gasteiger partial charge in [0.1, 0.15) is 5.75 Å². The van der Waals surface area contributed by atoms with E-state index < -0.39 is 0 Å². The van der Waals surface area contributed by atoms with Crippen molar-refractivity contribution in [2.45, 2.75) is 0 Å². The van der Waals surface area contributed by atoms with E-state index in [-0.39, 0.29) is 0 Å². The Morgan fingerprint density at radius 2 is 1.30 bits per heavy atom. The molecule has 2 heterocycles. The van der Waals surface area contributed by atoms with Gasteiger partial charge >= 0.3 is 0 Å². The minimum atomic E-state index is 0.852. The smallest absolute Gasteiger partial charge is 0.127 e. The van der Waals surface area contributed by atoms with Gasteiger partial charge in [-0.1, -0.05) is 12.1 Å². The molecule has 0 spiro atoms. The van der Waals surface area contributed by atoms with Gasteiger partial charge in [0.05, 0.1) is 7.11 Å². The zero-order chi connectivity index (χ0) is 13.8. The fourth-order valence-corrected chi connectivity index (χ4v) is 2.19. The molecule has 0 saturated heterocycles. The molecule has 1 aromatic carbocycles. The van der Waals surface area contributed by atoms with Gasteiger partial charge < -0.3 is 4.74 Å². The van der Waals surface area contributed by atoms with Gasteiger partial charge in [-0.05, 0) is 47.0 Å². The fraction of sp³-hybridized carbons (Fsp3) is 0.0588. The van der Waals surface area contributed by atoms with E-state index in [2.05, 4.69) is 22.1 Å². The zero-order valence-electron chi connectivity index (χ0n) is 11.2. The lowest BCUT2D eigenvalue weighted by Crippen LogP contribution is -1.89. The molecule has 0 atom stereocenters. The molecule has 0 amide bonds. The molecule has 0 radical (unpaired) electrons. The van der Waals surface area contributed by atoms with Crippen LogP contribution in [-0.2, 0) is 0 Å². The molecule has 98 valence electrons. The summed E-state index contributed by atoms with van der Waals surface area (Å²) in [6.45, 7) is 0. The van der Waals surface area contributed by atoms with Crippen molar-refractivity contribution in [1.29, 1.82) is 0 Å². The highest BCUT2D eigenvalue weighted by Gasteiger charge is 2.07. The summed E-state index contributed by atoms with van der Waals surface area (Å²) in [6.07, 6.45) is 7.15. The number of hydrogen-bond donors (Lipinski definition) is 0. The summed E-state index contributed by atoms with van der Waals surface area (Å²) in [5.41, 5.74) is 4.40. The summed E-state index contributed by atoms with van der Waals surface area (Å²) in [5.74, 6) is 0.852. The van der Waals surface area contributed by atoms with Crippen molar-refractivity contribution in [3.05, 3.63) is 67.3 Å². The van der Waals surface area contributed by atoms with Crippen LogP contribution < -0.4 is 4.74 Å². The summed E-state index contributed by atoms with van der Waals surface area (Å²) >= 11 is 0. The summed E-state index contributed by atoms with van der Waals surface area (Å²) < 4.78 is 5.53. The van der Waals surface area contributed by atoms with Crippen LogP contribution in [0, 0.1) is 0 Å². The first-order valence-corrected chi connectivity index (χ1v) is 6.37. The molecule has 3 rings (SSSR count). The first-order chi connectivity index (χ1) is 9.88. The van der Waals surface area contributed by atoms with E-state index in [0.29, 0.717) is 0 Å². The Morgan fingerprint density at radius 1 is 0.700 bits per heavy atom. The highest BCUT2D eigenvalue weighted by Crippen LogP contribution is 2.33. The quantitative estimate of drug-likeness (QED) is 0.719. The number of methoxy groups -OCH3 is 1. The SMILES string of the molecule is COc1cc(-c2ccncc2)ccc1-c1ccncc1. The van der Waals surface area contributed by atoms with Crippen LogP contribution in [0.15, 0.2) is 67.3 Å². The van der Waals surface area contributed by atoms with E-state index in [9.17, 15) is 0 Å². The van der Waals surface area contributed by atoms with Gasteiger partial charge in [0, 0.05) is 30.4 Å². The third-order valence-corrected chi connectivity index (χ3v) is 3.21. The molecule has 3 nitrogen and oxygen atoms in total. The molecule has 0 N–H and O–H groups in total. The topological polar surface area (TPSA) is 35.0 Å². The van der Waals surface area contributed by atoms with Crippen molar-refractivity contribution in [2.75, 3.05) is 7.11 Å². The van der Waals surface area contributed by atoms with Crippen molar-refractivity contribution in [3.63, 3.8) is 0 Å². The Bertz CT molecular complexity index is 697. The molecule has 0 aliphatic rings. The number of benzene rings is 1. The maximum absolute atomic E-state index is 5.53. The number of ether oxygens (including phenoxy) is 1. The molecule has 0 fully saturated rings. The molecule has 0 aliphatic carbocycles. The average Bonchev–Trinajstić information content (AvgIpc) is 2.56. The normalized spacial score (nSPS) is 10.2. The molecular weight excluding hydrogens is 248 g/mol. The van der Waals surface area contributed by atoms with Gasteiger partial charge in [0.25, 0.3) is 0 Å². The van der Waals surface area contributed by atoms with Crippen LogP contribution in [0.4, 0.5) is 0 Å². The Kier molecular flexibility index (Phi) is 3.42. The zero-order valence-corrected chi connectivity index (χ0v) is 11.2. The summed E-state index contributed by atoms with van der Waals surface area (Å²) in [7, 11) is 1.69. The van der Waals surface area contributed by atoms with E-state index >= 15 is 0 Å². The minimum Gasteiger partial charge on any atom is -0.496 e. The summed E-state index contributed by atoms with van der Waals surface area (Å²) in [4.78, 5) is 8.08. The Balaban J connectivity index is 2.07. The van der Waals surface area contributed by atoms with E-state index in [1.807, 2.05) is 30.3 Å². The molecule has 3 heteroatoms. The maximum atomic E-state index is 5.53. The predicted octanol–water partition coefficient (Wildman–Crippen LogP) is 3.82. The van der Waals surface area contributed by atoms with Crippen LogP contribution in [0.5, 0.6) is 5.75 Å². The predicted molar refractivity (Wildman–Crippen MR) is 79.5 cm³/mol. The van der Waals surface area contributed by atoms with Crippen molar-refractivity contribution in [3.8, 4) is 28.0 Å². The van der Waals surface area contributed by atoms with Crippen LogP contribution in [0.2, 0.25) is 0 Å². The number of aromatic nitrogens is 2. The van der Waals surface area contributed by atoms with Crippen LogP contribution in [-0.4, -0.2) is 17.1 Å². The van der Waals surface area contributed by atoms with Crippen molar-refractivity contribution >= 4 is 0 Å². The van der Waals surface area contributed by atoms with E-state index in [1.165, 1.54) is 0 Å². The molecular formula is C17H14N2O. The second-order valence-corrected chi connectivity index (χ2v) is 4.39. The lowest BCUT2D eigenvalue weighted by molar-refractivity contribution is 0.416. The fourth-order valence-electron chi connectivity index (χ4n) is 2.19. The average molecular weight is 262 g/mol. The second kappa shape index (κ2) is 5.53. The molecule has 0 bridgehead atoms. The van der Waals surface area contributed by atoms with E-state index in [0.717, 1.165) is 28.0 Å². The van der Waals surface area contributed by atoms with E-state index in [4.69, 9.17) is 4.74 Å². The lowest BCUT2D eigenvalue weighted by Gasteiger charge is -2.11. The Labute approximate surface area is 117 Å². The van der Waals surface area contributed by atoms with Gasteiger partial charge in [-0.25, -0.2) is 0 Å². The number of nitrogens with zero attached hydrogens (tertiary/aromatic N) is 2.